The van der Waals surface area contributed by atoms with E-state index in [4.69, 9.17) is 9.84 Å². The Balaban J connectivity index is 0.000000404. The van der Waals surface area contributed by atoms with E-state index in [9.17, 15) is 9.59 Å². The summed E-state index contributed by atoms with van der Waals surface area (Å²) in [6.07, 6.45) is 20.5. The van der Waals surface area contributed by atoms with Crippen LogP contribution in [0.4, 0.5) is 0 Å². The molecule has 2 heterocycles. The van der Waals surface area contributed by atoms with E-state index in [0.29, 0.717) is 19.4 Å². The minimum atomic E-state index is -0.663. The highest BCUT2D eigenvalue weighted by Crippen LogP contribution is 2.40. The first kappa shape index (κ1) is 32.4. The summed E-state index contributed by atoms with van der Waals surface area (Å²) in [6, 6.07) is 0. The van der Waals surface area contributed by atoms with Gasteiger partial charge in [0, 0.05) is 34.8 Å². The average Bonchev–Trinajstić information content (AvgIpc) is 3.53. The lowest BCUT2D eigenvalue weighted by atomic mass is 10.1. The molecule has 0 spiro atoms. The topological polar surface area (TPSA) is 63.6 Å². The van der Waals surface area contributed by atoms with Crippen LogP contribution in [0.1, 0.15) is 122 Å². The second-order valence-corrected chi connectivity index (χ2v) is 14.8. The second-order valence-electron chi connectivity index (χ2n) is 9.24. The molecular weight excluding hydrogens is 505 g/mol. The molecule has 2 unspecified atom stereocenters. The Labute approximate surface area is 224 Å². The molecule has 2 atom stereocenters. The van der Waals surface area contributed by atoms with Gasteiger partial charge in [0.1, 0.15) is 0 Å². The van der Waals surface area contributed by atoms with Crippen molar-refractivity contribution in [1.82, 2.24) is 0 Å². The van der Waals surface area contributed by atoms with Crippen LogP contribution in [0.25, 0.3) is 0 Å². The quantitative estimate of drug-likeness (QED) is 0.0966. The van der Waals surface area contributed by atoms with Crippen LogP contribution in [0.5, 0.6) is 0 Å². The van der Waals surface area contributed by atoms with Crippen LogP contribution in [0, 0.1) is 0 Å². The van der Waals surface area contributed by atoms with Crippen molar-refractivity contribution < 1.29 is 19.4 Å². The number of esters is 1. The van der Waals surface area contributed by atoms with Gasteiger partial charge in [-0.05, 0) is 44.9 Å². The molecule has 0 aliphatic carbocycles. The predicted octanol–water partition coefficient (Wildman–Crippen LogP) is 9.17. The summed E-state index contributed by atoms with van der Waals surface area (Å²) in [5.74, 6) is 1.92. The molecule has 1 N–H and O–H groups in total. The number of unbranched alkanes of at least 4 members (excludes halogenated alkanes) is 9. The number of hydrogen-bond donors (Lipinski definition) is 1. The zero-order chi connectivity index (χ0) is 24.7. The molecule has 4 nitrogen and oxygen atoms in total. The summed E-state index contributed by atoms with van der Waals surface area (Å²) in [4.78, 5) is 21.8. The number of carbonyl (C=O) groups excluding carboxylic acids is 1. The molecule has 0 aromatic heterocycles. The molecule has 2 saturated heterocycles. The van der Waals surface area contributed by atoms with Gasteiger partial charge in [-0.1, -0.05) is 108 Å². The van der Waals surface area contributed by atoms with Crippen LogP contribution in [0.3, 0.4) is 0 Å². The van der Waals surface area contributed by atoms with E-state index in [1.54, 1.807) is 0 Å². The molecule has 200 valence electrons. The molecule has 0 bridgehead atoms. The standard InChI is InChI=1S/C18H34O2S2.C8H14O2S2/c1-2-3-4-5-6-7-8-11-15-20-18(19)13-10-9-12-17-14-16-21-22-17;9-8(10)4-2-1-3-7-5-6-11-12-7/h17H,2-16H2,1H3;7H,1-6H2,(H,9,10). The van der Waals surface area contributed by atoms with Gasteiger partial charge < -0.3 is 9.84 Å². The first-order valence-electron chi connectivity index (χ1n) is 13.6. The Morgan fingerprint density at radius 3 is 1.76 bits per heavy atom. The van der Waals surface area contributed by atoms with Gasteiger partial charge in [0.25, 0.3) is 0 Å². The molecule has 0 aromatic rings. The summed E-state index contributed by atoms with van der Waals surface area (Å²) >= 11 is 0. The molecule has 0 saturated carbocycles. The van der Waals surface area contributed by atoms with Gasteiger partial charge in [-0.15, -0.1) is 0 Å². The van der Waals surface area contributed by atoms with Gasteiger partial charge in [0.05, 0.1) is 6.61 Å². The number of rotatable bonds is 19. The lowest BCUT2D eigenvalue weighted by molar-refractivity contribution is -0.144. The van der Waals surface area contributed by atoms with E-state index < -0.39 is 5.97 Å². The first-order chi connectivity index (χ1) is 16.6. The Hall–Kier alpha value is 0.340. The number of carbonyl (C=O) groups is 2. The number of carboxylic acids is 1. The summed E-state index contributed by atoms with van der Waals surface area (Å²) in [5, 5.41) is 10.0. The SMILES string of the molecule is CCCCCCCCCCOC(=O)CCCCC1CCSS1.O=C(O)CCCCC1CCSS1. The van der Waals surface area contributed by atoms with Gasteiger partial charge >= 0.3 is 11.9 Å². The number of carboxylic acid groups (broad SMARTS) is 1. The molecule has 34 heavy (non-hydrogen) atoms. The number of aliphatic carboxylic acids is 1. The summed E-state index contributed by atoms with van der Waals surface area (Å²) in [7, 11) is 7.94. The van der Waals surface area contributed by atoms with Crippen molar-refractivity contribution in [3.05, 3.63) is 0 Å². The van der Waals surface area contributed by atoms with E-state index in [1.807, 2.05) is 43.2 Å². The lowest BCUT2D eigenvalue weighted by Gasteiger charge is -2.07. The lowest BCUT2D eigenvalue weighted by Crippen LogP contribution is -2.06. The van der Waals surface area contributed by atoms with Crippen LogP contribution < -0.4 is 0 Å². The molecule has 2 aliphatic heterocycles. The van der Waals surface area contributed by atoms with E-state index in [2.05, 4.69) is 6.92 Å². The van der Waals surface area contributed by atoms with Crippen molar-refractivity contribution in [3.8, 4) is 0 Å². The van der Waals surface area contributed by atoms with Crippen molar-refractivity contribution in [1.29, 1.82) is 0 Å². The molecule has 0 aromatic carbocycles. The van der Waals surface area contributed by atoms with E-state index in [-0.39, 0.29) is 5.97 Å². The zero-order valence-corrected chi connectivity index (χ0v) is 24.6. The van der Waals surface area contributed by atoms with Gasteiger partial charge in [0.15, 0.2) is 0 Å². The largest absolute Gasteiger partial charge is 0.481 e. The van der Waals surface area contributed by atoms with E-state index in [1.165, 1.54) is 88.6 Å². The summed E-state index contributed by atoms with van der Waals surface area (Å²) in [6.45, 7) is 2.88. The smallest absolute Gasteiger partial charge is 0.305 e. The fourth-order valence-corrected chi connectivity index (χ4v) is 9.97. The summed E-state index contributed by atoms with van der Waals surface area (Å²) in [5.41, 5.74) is 0. The molecule has 2 fully saturated rings. The molecule has 8 heteroatoms. The summed E-state index contributed by atoms with van der Waals surface area (Å²) < 4.78 is 5.31. The zero-order valence-electron chi connectivity index (χ0n) is 21.3. The third kappa shape index (κ3) is 20.5. The Kier molecular flexibility index (Phi) is 22.6. The van der Waals surface area contributed by atoms with Crippen LogP contribution >= 0.6 is 43.2 Å². The highest BCUT2D eigenvalue weighted by atomic mass is 33.1. The van der Waals surface area contributed by atoms with Crippen LogP contribution in [0.15, 0.2) is 0 Å². The Morgan fingerprint density at radius 2 is 1.26 bits per heavy atom. The highest BCUT2D eigenvalue weighted by molar-refractivity contribution is 8.77. The van der Waals surface area contributed by atoms with Crippen molar-refractivity contribution in [2.75, 3.05) is 18.1 Å². The predicted molar refractivity (Wildman–Crippen MR) is 155 cm³/mol. The third-order valence-electron chi connectivity index (χ3n) is 6.04. The van der Waals surface area contributed by atoms with Gasteiger partial charge in [-0.25, -0.2) is 0 Å². The van der Waals surface area contributed by atoms with Gasteiger partial charge in [-0.2, -0.15) is 0 Å². The minimum Gasteiger partial charge on any atom is -0.481 e. The molecule has 0 radical (unpaired) electrons. The van der Waals surface area contributed by atoms with Crippen molar-refractivity contribution in [2.45, 2.75) is 133 Å². The van der Waals surface area contributed by atoms with E-state index in [0.717, 1.165) is 36.2 Å². The molecule has 0 amide bonds. The van der Waals surface area contributed by atoms with Crippen molar-refractivity contribution in [3.63, 3.8) is 0 Å². The highest BCUT2D eigenvalue weighted by Gasteiger charge is 2.16. The van der Waals surface area contributed by atoms with Crippen LogP contribution in [0.2, 0.25) is 0 Å². The average molecular weight is 553 g/mol. The first-order valence-corrected chi connectivity index (χ1v) is 18.3. The van der Waals surface area contributed by atoms with Gasteiger partial charge in [-0.3, -0.25) is 9.59 Å². The van der Waals surface area contributed by atoms with E-state index >= 15 is 0 Å². The molecule has 2 rings (SSSR count). The van der Waals surface area contributed by atoms with Crippen molar-refractivity contribution in [2.24, 2.45) is 0 Å². The third-order valence-corrected chi connectivity index (χ3v) is 12.1. The molecule has 2 aliphatic rings. The van der Waals surface area contributed by atoms with Gasteiger partial charge in [0.2, 0.25) is 0 Å². The maximum Gasteiger partial charge on any atom is 0.305 e. The second kappa shape index (κ2) is 23.7. The monoisotopic (exact) mass is 552 g/mol. The Morgan fingerprint density at radius 1 is 0.735 bits per heavy atom. The number of hydrogen-bond acceptors (Lipinski definition) is 7. The minimum absolute atomic E-state index is 0.0106. The maximum atomic E-state index is 11.6. The number of ether oxygens (including phenoxy) is 1. The fraction of sp³-hybridized carbons (Fsp3) is 0.923. The Bertz CT molecular complexity index is 495. The fourth-order valence-electron chi connectivity index (χ4n) is 3.91. The van der Waals surface area contributed by atoms with Crippen LogP contribution in [-0.4, -0.2) is 45.7 Å². The molecular formula is C26H48O4S4. The normalized spacial score (nSPS) is 19.6. The van der Waals surface area contributed by atoms with Crippen molar-refractivity contribution >= 4 is 55.1 Å². The van der Waals surface area contributed by atoms with Crippen LogP contribution in [-0.2, 0) is 14.3 Å². The maximum absolute atomic E-state index is 11.6.